The van der Waals surface area contributed by atoms with Crippen LogP contribution in [0.1, 0.15) is 54.3 Å². The highest BCUT2D eigenvalue weighted by Crippen LogP contribution is 2.35. The Morgan fingerprint density at radius 2 is 1.78 bits per heavy atom. The quantitative estimate of drug-likeness (QED) is 0.229. The number of hydrogen-bond donors (Lipinski definition) is 2. The van der Waals surface area contributed by atoms with E-state index >= 15 is 0 Å². The molecule has 2 aliphatic heterocycles. The molecule has 1 aromatic carbocycles. The van der Waals surface area contributed by atoms with Gasteiger partial charge in [0, 0.05) is 80.2 Å². The summed E-state index contributed by atoms with van der Waals surface area (Å²) in [6.07, 6.45) is -2.09. The summed E-state index contributed by atoms with van der Waals surface area (Å²) in [5.74, 6) is 0.513. The number of alkyl halides is 3. The zero-order valence-electron chi connectivity index (χ0n) is 28.2. The summed E-state index contributed by atoms with van der Waals surface area (Å²) in [5, 5.41) is 14.9. The van der Waals surface area contributed by atoms with Crippen LogP contribution < -0.4 is 11.1 Å². The van der Waals surface area contributed by atoms with E-state index in [4.69, 9.17) is 5.73 Å². The van der Waals surface area contributed by atoms with Crippen molar-refractivity contribution in [2.75, 3.05) is 50.3 Å². The molecular weight excluding hydrogens is 688 g/mol. The number of nitrogens with two attached hydrogens (primary N) is 1. The summed E-state index contributed by atoms with van der Waals surface area (Å²) in [6, 6.07) is 10.4. The number of thiophene rings is 1. The number of nitriles is 1. The van der Waals surface area contributed by atoms with Gasteiger partial charge in [0.05, 0.1) is 17.1 Å². The van der Waals surface area contributed by atoms with Crippen LogP contribution >= 0.6 is 11.3 Å². The topological polar surface area (TPSA) is 136 Å². The molecule has 3 N–H and O–H groups in total. The summed E-state index contributed by atoms with van der Waals surface area (Å²) >= 11 is 0.994. The molecule has 7 rings (SSSR count). The first kappa shape index (κ1) is 34.9. The third-order valence-corrected chi connectivity index (χ3v) is 13.8. The van der Waals surface area contributed by atoms with Crippen LogP contribution in [0.25, 0.3) is 21.1 Å². The molecule has 3 aromatic heterocycles. The SMILES string of the molecule is Cc1c(CN2CCC(Nc3nc(N)nc4sc(CC(F)(F)F)cc34)CC2)ccc2c1cc(C#N)n2C[C@H](C)N1CCN(S(=O)(=O)C2CC2)CC1. The van der Waals surface area contributed by atoms with Gasteiger partial charge < -0.3 is 15.6 Å². The van der Waals surface area contributed by atoms with Gasteiger partial charge in [0.1, 0.15) is 22.4 Å². The fraction of sp³-hybridized carbons (Fsp3) is 0.559. The first-order chi connectivity index (χ1) is 23.8. The Kier molecular flexibility index (Phi) is 9.48. The molecule has 3 aliphatic rings. The maximum absolute atomic E-state index is 13.0. The number of nitrogens with zero attached hydrogens (tertiary/aromatic N) is 7. The molecule has 0 bridgehead atoms. The number of aryl methyl sites for hydroxylation is 1. The van der Waals surface area contributed by atoms with Crippen molar-refractivity contribution in [3.63, 3.8) is 0 Å². The minimum Gasteiger partial charge on any atom is -0.368 e. The molecule has 2 saturated heterocycles. The predicted octanol–water partition coefficient (Wildman–Crippen LogP) is 5.09. The molecule has 1 aliphatic carbocycles. The normalized spacial score (nSPS) is 19.7. The highest BCUT2D eigenvalue weighted by molar-refractivity contribution is 7.90. The zero-order chi connectivity index (χ0) is 35.4. The van der Waals surface area contributed by atoms with Gasteiger partial charge in [-0.3, -0.25) is 9.80 Å². The summed E-state index contributed by atoms with van der Waals surface area (Å²) < 4.78 is 68.2. The molecule has 0 unspecified atom stereocenters. The number of piperidine rings is 1. The number of anilines is 2. The molecule has 1 saturated carbocycles. The van der Waals surface area contributed by atoms with Gasteiger partial charge in [-0.05, 0) is 68.9 Å². The van der Waals surface area contributed by atoms with Crippen molar-refractivity contribution in [2.24, 2.45) is 0 Å². The second-order valence-corrected chi connectivity index (χ2v) is 17.2. The summed E-state index contributed by atoms with van der Waals surface area (Å²) in [6.45, 7) is 9.70. The summed E-state index contributed by atoms with van der Waals surface area (Å²) in [4.78, 5) is 13.8. The summed E-state index contributed by atoms with van der Waals surface area (Å²) in [5.41, 5.74) is 9.89. The second-order valence-electron chi connectivity index (χ2n) is 13.9. The van der Waals surface area contributed by atoms with Crippen LogP contribution in [0.3, 0.4) is 0 Å². The van der Waals surface area contributed by atoms with Crippen molar-refractivity contribution >= 4 is 54.2 Å². The lowest BCUT2D eigenvalue weighted by atomic mass is 10.0. The fourth-order valence-electron chi connectivity index (χ4n) is 7.39. The lowest BCUT2D eigenvalue weighted by molar-refractivity contribution is -0.126. The van der Waals surface area contributed by atoms with Gasteiger partial charge in [-0.1, -0.05) is 6.07 Å². The van der Waals surface area contributed by atoms with Crippen LogP contribution in [0.5, 0.6) is 0 Å². The van der Waals surface area contributed by atoms with E-state index in [1.807, 2.05) is 6.07 Å². The van der Waals surface area contributed by atoms with Crippen LogP contribution in [0.15, 0.2) is 24.3 Å². The van der Waals surface area contributed by atoms with Gasteiger partial charge >= 0.3 is 6.18 Å². The number of fused-ring (bicyclic) bond motifs is 2. The molecule has 11 nitrogen and oxygen atoms in total. The molecule has 50 heavy (non-hydrogen) atoms. The smallest absolute Gasteiger partial charge is 0.368 e. The van der Waals surface area contributed by atoms with Crippen LogP contribution in [0, 0.1) is 18.3 Å². The van der Waals surface area contributed by atoms with Crippen molar-refractivity contribution in [2.45, 2.75) is 82.6 Å². The van der Waals surface area contributed by atoms with E-state index < -0.39 is 22.6 Å². The molecule has 3 fully saturated rings. The van der Waals surface area contributed by atoms with Gasteiger partial charge in [-0.25, -0.2) is 13.4 Å². The average molecular weight is 730 g/mol. The number of likely N-dealkylation sites (tertiary alicyclic amines) is 1. The van der Waals surface area contributed by atoms with Crippen molar-refractivity contribution in [3.05, 3.63) is 46.0 Å². The standard InChI is InChI=1S/C34H42F3N9O2S2/c1-21(44-11-13-45(14-12-44)50(47,48)27-4-5-27)19-46-25(18-38)15-28-22(2)23(3-6-30(28)46)20-43-9-7-24(8-10-43)40-31-29-16-26(17-34(35,36)37)49-32(29)42-33(39)41-31/h3,6,15-16,21,24,27H,4-5,7-14,17,19-20H2,1-2H3,(H3,39,40,41,42)/t21-/m0/s1. The van der Waals surface area contributed by atoms with E-state index in [-0.39, 0.29) is 28.2 Å². The van der Waals surface area contributed by atoms with Crippen LogP contribution in [0.2, 0.25) is 0 Å². The number of nitrogen functional groups attached to an aromatic ring is 1. The lowest BCUT2D eigenvalue weighted by Crippen LogP contribution is -2.52. The van der Waals surface area contributed by atoms with E-state index in [9.17, 15) is 26.9 Å². The van der Waals surface area contributed by atoms with E-state index in [1.54, 1.807) is 4.31 Å². The number of rotatable bonds is 10. The first-order valence-corrected chi connectivity index (χ1v) is 19.5. The average Bonchev–Trinajstić information content (AvgIpc) is 3.78. The first-order valence-electron chi connectivity index (χ1n) is 17.2. The van der Waals surface area contributed by atoms with Crippen molar-refractivity contribution in [1.29, 1.82) is 5.26 Å². The highest BCUT2D eigenvalue weighted by Gasteiger charge is 2.41. The molecule has 0 amide bonds. The predicted molar refractivity (Wildman–Crippen MR) is 189 cm³/mol. The fourth-order valence-corrected chi connectivity index (χ4v) is 10.3. The number of piperazine rings is 1. The van der Waals surface area contributed by atoms with Crippen LogP contribution in [-0.4, -0.2) is 99.8 Å². The van der Waals surface area contributed by atoms with E-state index in [2.05, 4.69) is 61.7 Å². The third kappa shape index (κ3) is 7.29. The van der Waals surface area contributed by atoms with E-state index in [0.29, 0.717) is 54.5 Å². The molecule has 1 atom stereocenters. The minimum atomic E-state index is -4.30. The second kappa shape index (κ2) is 13.6. The molecule has 5 heterocycles. The number of benzene rings is 1. The van der Waals surface area contributed by atoms with Crippen molar-refractivity contribution < 1.29 is 21.6 Å². The Bertz CT molecular complexity index is 2040. The molecule has 16 heteroatoms. The molecular formula is C34H42F3N9O2S2. The number of nitrogens with one attached hydrogen (secondary N) is 1. The Balaban J connectivity index is 0.978. The van der Waals surface area contributed by atoms with Gasteiger partial charge in [0.2, 0.25) is 16.0 Å². The highest BCUT2D eigenvalue weighted by atomic mass is 32.2. The number of sulfonamides is 1. The van der Waals surface area contributed by atoms with Crippen LogP contribution in [-0.2, 0) is 29.5 Å². The van der Waals surface area contributed by atoms with Crippen molar-refractivity contribution in [1.82, 2.24) is 28.6 Å². The largest absolute Gasteiger partial charge is 0.393 e. The van der Waals surface area contributed by atoms with Gasteiger partial charge in [0.25, 0.3) is 0 Å². The minimum absolute atomic E-state index is 0.0335. The lowest BCUT2D eigenvalue weighted by Gasteiger charge is -2.37. The maximum atomic E-state index is 13.0. The Morgan fingerprint density at radius 1 is 1.06 bits per heavy atom. The van der Waals surface area contributed by atoms with E-state index in [0.717, 1.165) is 73.1 Å². The molecule has 4 aromatic rings. The number of halogens is 3. The Labute approximate surface area is 293 Å². The van der Waals surface area contributed by atoms with Gasteiger partial charge in [-0.2, -0.15) is 27.7 Å². The van der Waals surface area contributed by atoms with Gasteiger partial charge in [0.15, 0.2) is 0 Å². The molecule has 0 spiro atoms. The Hall–Kier alpha value is -3.49. The third-order valence-electron chi connectivity index (χ3n) is 10.4. The van der Waals surface area contributed by atoms with Gasteiger partial charge in [-0.15, -0.1) is 11.3 Å². The van der Waals surface area contributed by atoms with Crippen LogP contribution in [0.4, 0.5) is 24.9 Å². The monoisotopic (exact) mass is 729 g/mol. The van der Waals surface area contributed by atoms with Crippen molar-refractivity contribution in [3.8, 4) is 6.07 Å². The Morgan fingerprint density at radius 3 is 2.44 bits per heavy atom. The maximum Gasteiger partial charge on any atom is 0.393 e. The number of hydrogen-bond acceptors (Lipinski definition) is 10. The summed E-state index contributed by atoms with van der Waals surface area (Å²) in [7, 11) is -3.16. The number of aromatic nitrogens is 3. The molecule has 0 radical (unpaired) electrons. The zero-order valence-corrected chi connectivity index (χ0v) is 29.8. The van der Waals surface area contributed by atoms with E-state index in [1.165, 1.54) is 11.6 Å². The molecule has 268 valence electrons.